The minimum atomic E-state index is -4.04. The van der Waals surface area contributed by atoms with Crippen molar-refractivity contribution < 1.29 is 22.7 Å². The third-order valence-corrected chi connectivity index (χ3v) is 5.13. The number of halogens is 1. The van der Waals surface area contributed by atoms with Crippen LogP contribution in [0, 0.1) is 0 Å². The first-order valence-corrected chi connectivity index (χ1v) is 8.81. The quantitative estimate of drug-likeness (QED) is 0.692. The summed E-state index contributed by atoms with van der Waals surface area (Å²) in [5.41, 5.74) is 2.17. The van der Waals surface area contributed by atoms with Crippen LogP contribution in [0.4, 0.5) is 0 Å². The summed E-state index contributed by atoms with van der Waals surface area (Å²) in [4.78, 5) is 17.6. The highest BCUT2D eigenvalue weighted by Crippen LogP contribution is 2.35. The van der Waals surface area contributed by atoms with E-state index in [0.29, 0.717) is 5.75 Å². The fourth-order valence-corrected chi connectivity index (χ4v) is 3.65. The predicted octanol–water partition coefficient (Wildman–Crippen LogP) is 1.48. The van der Waals surface area contributed by atoms with Gasteiger partial charge in [-0.05, 0) is 34.1 Å². The summed E-state index contributed by atoms with van der Waals surface area (Å²) in [6, 6.07) is 7.44. The number of hydrogen-bond donors (Lipinski definition) is 2. The second kappa shape index (κ2) is 7.60. The lowest BCUT2D eigenvalue weighted by Crippen LogP contribution is -2.41. The van der Waals surface area contributed by atoms with Crippen LogP contribution in [-0.2, 0) is 10.0 Å². The minimum Gasteiger partial charge on any atom is -0.493 e. The van der Waals surface area contributed by atoms with Gasteiger partial charge in [-0.3, -0.25) is 15.2 Å². The first-order valence-electron chi connectivity index (χ1n) is 6.53. The van der Waals surface area contributed by atoms with Crippen LogP contribution >= 0.6 is 15.9 Å². The van der Waals surface area contributed by atoms with Crippen molar-refractivity contribution in [2.45, 2.75) is 4.90 Å². The molecular weight excluding hydrogens is 402 g/mol. The van der Waals surface area contributed by atoms with Gasteiger partial charge in [-0.1, -0.05) is 6.07 Å². The summed E-state index contributed by atoms with van der Waals surface area (Å²) >= 11 is 3.16. The molecule has 2 rings (SSSR count). The van der Waals surface area contributed by atoms with Crippen molar-refractivity contribution >= 4 is 31.9 Å². The van der Waals surface area contributed by atoms with Crippen LogP contribution in [0.2, 0.25) is 0 Å². The number of nitrogens with zero attached hydrogens (tertiary/aromatic N) is 1. The van der Waals surface area contributed by atoms with Gasteiger partial charge in [-0.25, -0.2) is 8.42 Å². The molecule has 0 aliphatic carbocycles. The maximum absolute atomic E-state index is 12.4. The Morgan fingerprint density at radius 3 is 2.42 bits per heavy atom. The number of rotatable bonds is 6. The summed E-state index contributed by atoms with van der Waals surface area (Å²) in [6.45, 7) is 0. The standard InChI is InChI=1S/C14H14BrN3O5S/c1-22-11-7-9(15)13(8-12(11)23-2)24(20,21)18-17-14(19)10-5-3-4-6-16-10/h3-8,18H,1-2H3,(H,17,19). The Balaban J connectivity index is 2.23. The lowest BCUT2D eigenvalue weighted by Gasteiger charge is -2.13. The molecule has 0 unspecified atom stereocenters. The molecule has 0 fully saturated rings. The molecule has 1 heterocycles. The van der Waals surface area contributed by atoms with Gasteiger partial charge in [0.25, 0.3) is 15.9 Å². The maximum Gasteiger partial charge on any atom is 0.284 e. The number of methoxy groups -OCH3 is 2. The normalized spacial score (nSPS) is 11.0. The molecule has 2 aromatic rings. The third kappa shape index (κ3) is 4.02. The van der Waals surface area contributed by atoms with Crippen molar-refractivity contribution in [1.82, 2.24) is 15.2 Å². The fourth-order valence-electron chi connectivity index (χ4n) is 1.77. The van der Waals surface area contributed by atoms with Gasteiger partial charge < -0.3 is 9.47 Å². The lowest BCUT2D eigenvalue weighted by atomic mass is 10.3. The van der Waals surface area contributed by atoms with E-state index in [-0.39, 0.29) is 20.8 Å². The highest BCUT2D eigenvalue weighted by Gasteiger charge is 2.22. The Morgan fingerprint density at radius 1 is 1.17 bits per heavy atom. The molecule has 24 heavy (non-hydrogen) atoms. The predicted molar refractivity (Wildman–Crippen MR) is 89.3 cm³/mol. The second-order valence-corrected chi connectivity index (χ2v) is 6.92. The highest BCUT2D eigenvalue weighted by atomic mass is 79.9. The van der Waals surface area contributed by atoms with Crippen LogP contribution < -0.4 is 19.7 Å². The van der Waals surface area contributed by atoms with E-state index in [1.165, 1.54) is 38.6 Å². The number of ether oxygens (including phenoxy) is 2. The van der Waals surface area contributed by atoms with Crippen LogP contribution in [0.3, 0.4) is 0 Å². The molecule has 0 aliphatic rings. The van der Waals surface area contributed by atoms with Crippen LogP contribution in [0.25, 0.3) is 0 Å². The molecular formula is C14H14BrN3O5S. The zero-order valence-corrected chi connectivity index (χ0v) is 15.1. The van der Waals surface area contributed by atoms with Crippen LogP contribution in [0.1, 0.15) is 10.5 Å². The van der Waals surface area contributed by atoms with Crippen molar-refractivity contribution in [2.24, 2.45) is 0 Å². The summed E-state index contributed by atoms with van der Waals surface area (Å²) < 4.78 is 35.2. The van der Waals surface area contributed by atoms with E-state index in [2.05, 4.69) is 26.3 Å². The van der Waals surface area contributed by atoms with Gasteiger partial charge in [0.2, 0.25) is 0 Å². The summed E-state index contributed by atoms with van der Waals surface area (Å²) in [5.74, 6) is -0.0891. The van der Waals surface area contributed by atoms with Gasteiger partial charge in [0.1, 0.15) is 10.6 Å². The minimum absolute atomic E-state index is 0.0755. The number of hydrogen-bond acceptors (Lipinski definition) is 6. The van der Waals surface area contributed by atoms with Crippen molar-refractivity contribution in [3.8, 4) is 11.5 Å². The van der Waals surface area contributed by atoms with E-state index in [4.69, 9.17) is 9.47 Å². The van der Waals surface area contributed by atoms with Gasteiger partial charge in [0, 0.05) is 16.7 Å². The smallest absolute Gasteiger partial charge is 0.284 e. The van der Waals surface area contributed by atoms with Crippen molar-refractivity contribution in [3.63, 3.8) is 0 Å². The summed E-state index contributed by atoms with van der Waals surface area (Å²) in [6.07, 6.45) is 1.42. The average molecular weight is 416 g/mol. The molecule has 0 saturated carbocycles. The number of nitrogens with one attached hydrogen (secondary N) is 2. The number of carbonyl (C=O) groups is 1. The molecule has 0 radical (unpaired) electrons. The Labute approximate surface area is 147 Å². The molecule has 0 bridgehead atoms. The van der Waals surface area contributed by atoms with Gasteiger partial charge in [0.05, 0.1) is 14.2 Å². The van der Waals surface area contributed by atoms with E-state index in [9.17, 15) is 13.2 Å². The van der Waals surface area contributed by atoms with Gasteiger partial charge in [0.15, 0.2) is 11.5 Å². The van der Waals surface area contributed by atoms with E-state index >= 15 is 0 Å². The molecule has 10 heteroatoms. The van der Waals surface area contributed by atoms with Crippen LogP contribution in [0.5, 0.6) is 11.5 Å². The molecule has 1 aromatic carbocycles. The maximum atomic E-state index is 12.4. The molecule has 0 spiro atoms. The summed E-state index contributed by atoms with van der Waals surface area (Å²) in [5, 5.41) is 0. The Morgan fingerprint density at radius 2 is 1.83 bits per heavy atom. The van der Waals surface area contributed by atoms with Gasteiger partial charge in [-0.2, -0.15) is 0 Å². The Bertz CT molecular complexity index is 843. The van der Waals surface area contributed by atoms with Gasteiger partial charge in [-0.15, -0.1) is 4.83 Å². The molecule has 1 amide bonds. The largest absolute Gasteiger partial charge is 0.493 e. The Kier molecular flexibility index (Phi) is 5.75. The number of benzene rings is 1. The van der Waals surface area contributed by atoms with E-state index in [1.54, 1.807) is 12.1 Å². The number of hydrazine groups is 1. The lowest BCUT2D eigenvalue weighted by molar-refractivity contribution is 0.0940. The van der Waals surface area contributed by atoms with Crippen LogP contribution in [0.15, 0.2) is 45.9 Å². The van der Waals surface area contributed by atoms with E-state index in [0.717, 1.165) is 0 Å². The molecule has 0 atom stereocenters. The first-order chi connectivity index (χ1) is 11.4. The van der Waals surface area contributed by atoms with Crippen molar-refractivity contribution in [3.05, 3.63) is 46.7 Å². The highest BCUT2D eigenvalue weighted by molar-refractivity contribution is 9.10. The number of amides is 1. The number of pyridine rings is 1. The molecule has 0 saturated heterocycles. The second-order valence-electron chi connectivity index (χ2n) is 4.41. The topological polar surface area (TPSA) is 107 Å². The van der Waals surface area contributed by atoms with Gasteiger partial charge >= 0.3 is 0 Å². The monoisotopic (exact) mass is 415 g/mol. The van der Waals surface area contributed by atoms with Crippen molar-refractivity contribution in [1.29, 1.82) is 0 Å². The molecule has 2 N–H and O–H groups in total. The van der Waals surface area contributed by atoms with Crippen molar-refractivity contribution in [2.75, 3.05) is 14.2 Å². The molecule has 8 nitrogen and oxygen atoms in total. The van der Waals surface area contributed by atoms with E-state index < -0.39 is 15.9 Å². The number of aromatic nitrogens is 1. The first kappa shape index (κ1) is 18.2. The number of sulfonamides is 1. The zero-order valence-electron chi connectivity index (χ0n) is 12.7. The molecule has 0 aliphatic heterocycles. The SMILES string of the molecule is COc1cc(Br)c(S(=O)(=O)NNC(=O)c2ccccn2)cc1OC. The summed E-state index contributed by atoms with van der Waals surface area (Å²) in [7, 11) is -1.22. The zero-order chi connectivity index (χ0) is 17.7. The molecule has 128 valence electrons. The Hall–Kier alpha value is -2.17. The van der Waals surface area contributed by atoms with E-state index in [1.807, 2.05) is 4.83 Å². The fraction of sp³-hybridized carbons (Fsp3) is 0.143. The average Bonchev–Trinajstić information content (AvgIpc) is 2.59. The third-order valence-electron chi connectivity index (χ3n) is 2.92. The molecule has 1 aromatic heterocycles. The van der Waals surface area contributed by atoms with Crippen LogP contribution in [-0.4, -0.2) is 33.5 Å². The number of carbonyl (C=O) groups excluding carboxylic acids is 1.